The molecule has 1 aliphatic carbocycles. The van der Waals surface area contributed by atoms with Gasteiger partial charge in [-0.3, -0.25) is 18.6 Å². The van der Waals surface area contributed by atoms with Crippen LogP contribution in [0.3, 0.4) is 0 Å². The van der Waals surface area contributed by atoms with Gasteiger partial charge in [0.2, 0.25) is 0 Å². The number of allylic oxidation sites excluding steroid dienone is 8. The Balaban J connectivity index is 2.35. The third kappa shape index (κ3) is 33.3. The standard InChI is InChI=1S/C52H93O13P/c1-3-5-7-9-11-13-15-17-18-19-20-21-22-23-24-25-26-27-29-30-32-34-36-38-40-45(53)62-42-44(43-63-66(60,61)65-52-50(58)48(56)47(55)49(57)51(52)59)64-46(54)41-39-37-35-33-31-28-16-14-12-10-8-6-4-2/h6,8,12,14,28,31,35,37,44,47-52,55-59H,3-5,7,9-11,13,15-27,29-30,32-34,36,38-43H2,1-2H3,(H,60,61)/b8-6-,14-12-,31-28-,37-35-. The largest absolute Gasteiger partial charge is 0.472 e. The monoisotopic (exact) mass is 957 g/mol. The van der Waals surface area contributed by atoms with Gasteiger partial charge in [0.1, 0.15) is 43.2 Å². The van der Waals surface area contributed by atoms with Crippen molar-refractivity contribution in [1.29, 1.82) is 0 Å². The lowest BCUT2D eigenvalue weighted by Gasteiger charge is -2.41. The molecule has 1 saturated carbocycles. The first kappa shape index (κ1) is 61.8. The highest BCUT2D eigenvalue weighted by atomic mass is 31.2. The Labute approximate surface area is 399 Å². The summed E-state index contributed by atoms with van der Waals surface area (Å²) in [6.45, 7) is 3.14. The van der Waals surface area contributed by atoms with Gasteiger partial charge < -0.3 is 39.9 Å². The van der Waals surface area contributed by atoms with E-state index in [4.69, 9.17) is 18.5 Å². The summed E-state index contributed by atoms with van der Waals surface area (Å²) < 4.78 is 33.5. The highest BCUT2D eigenvalue weighted by Crippen LogP contribution is 2.47. The Bertz CT molecular complexity index is 1340. The third-order valence-electron chi connectivity index (χ3n) is 11.9. The van der Waals surface area contributed by atoms with E-state index in [1.54, 1.807) is 0 Å². The molecule has 6 N–H and O–H groups in total. The Morgan fingerprint density at radius 3 is 1.29 bits per heavy atom. The van der Waals surface area contributed by atoms with E-state index in [1.165, 1.54) is 128 Å². The maximum absolute atomic E-state index is 12.8. The van der Waals surface area contributed by atoms with Crippen molar-refractivity contribution >= 4 is 19.8 Å². The first-order chi connectivity index (χ1) is 31.9. The number of esters is 2. The average molecular weight is 957 g/mol. The van der Waals surface area contributed by atoms with Gasteiger partial charge in [0, 0.05) is 12.8 Å². The number of carbonyl (C=O) groups is 2. The smallest absolute Gasteiger partial charge is 0.462 e. The lowest BCUT2D eigenvalue weighted by Crippen LogP contribution is -2.64. The average Bonchev–Trinajstić information content (AvgIpc) is 3.30. The molecule has 384 valence electrons. The highest BCUT2D eigenvalue weighted by Gasteiger charge is 2.51. The molecule has 1 rings (SSSR count). The van der Waals surface area contributed by atoms with Crippen LogP contribution >= 0.6 is 7.82 Å². The summed E-state index contributed by atoms with van der Waals surface area (Å²) in [6, 6.07) is 0. The van der Waals surface area contributed by atoms with Gasteiger partial charge in [-0.05, 0) is 38.5 Å². The van der Waals surface area contributed by atoms with E-state index >= 15 is 0 Å². The van der Waals surface area contributed by atoms with Crippen LogP contribution in [0.2, 0.25) is 0 Å². The van der Waals surface area contributed by atoms with Crippen LogP contribution < -0.4 is 0 Å². The molecule has 0 spiro atoms. The van der Waals surface area contributed by atoms with Crippen molar-refractivity contribution in [1.82, 2.24) is 0 Å². The van der Waals surface area contributed by atoms with Crippen LogP contribution in [0, 0.1) is 0 Å². The molecule has 0 heterocycles. The fraction of sp³-hybridized carbons (Fsp3) is 0.808. The summed E-state index contributed by atoms with van der Waals surface area (Å²) >= 11 is 0. The molecule has 0 aromatic rings. The topological polar surface area (TPSA) is 210 Å². The molecule has 1 fully saturated rings. The number of phosphoric ester groups is 1. The Kier molecular flexibility index (Phi) is 39.1. The minimum atomic E-state index is -5.14. The Morgan fingerprint density at radius 1 is 0.485 bits per heavy atom. The van der Waals surface area contributed by atoms with Crippen molar-refractivity contribution in [3.8, 4) is 0 Å². The molecule has 6 unspecified atom stereocenters. The molecule has 0 bridgehead atoms. The van der Waals surface area contributed by atoms with Crippen molar-refractivity contribution in [3.05, 3.63) is 48.6 Å². The first-order valence-corrected chi connectivity index (χ1v) is 27.4. The molecule has 0 amide bonds. The first-order valence-electron chi connectivity index (χ1n) is 25.9. The molecule has 0 aromatic carbocycles. The van der Waals surface area contributed by atoms with E-state index in [9.17, 15) is 44.6 Å². The normalized spacial score (nSPS) is 21.6. The molecule has 66 heavy (non-hydrogen) atoms. The van der Waals surface area contributed by atoms with Crippen molar-refractivity contribution in [2.75, 3.05) is 13.2 Å². The summed E-state index contributed by atoms with van der Waals surface area (Å²) in [5, 5.41) is 50.2. The lowest BCUT2D eigenvalue weighted by atomic mass is 9.85. The number of carbonyl (C=O) groups excluding carboxylic acids is 2. The van der Waals surface area contributed by atoms with E-state index in [0.717, 1.165) is 38.5 Å². The number of ether oxygens (including phenoxy) is 2. The molecule has 0 aromatic heterocycles. The zero-order chi connectivity index (χ0) is 48.5. The van der Waals surface area contributed by atoms with Crippen molar-refractivity contribution in [2.45, 2.75) is 256 Å². The maximum atomic E-state index is 12.8. The minimum absolute atomic E-state index is 0.0237. The molecule has 6 atom stereocenters. The number of aliphatic hydroxyl groups excluding tert-OH is 5. The third-order valence-corrected chi connectivity index (χ3v) is 12.9. The summed E-state index contributed by atoms with van der Waals surface area (Å²) in [5.74, 6) is -1.19. The number of aliphatic hydroxyl groups is 5. The van der Waals surface area contributed by atoms with Crippen LogP contribution in [0.25, 0.3) is 0 Å². The van der Waals surface area contributed by atoms with Gasteiger partial charge in [0.15, 0.2) is 6.10 Å². The number of hydrogen-bond acceptors (Lipinski definition) is 12. The predicted molar refractivity (Wildman–Crippen MR) is 263 cm³/mol. The van der Waals surface area contributed by atoms with Crippen LogP contribution in [0.15, 0.2) is 48.6 Å². The van der Waals surface area contributed by atoms with Crippen LogP contribution in [0.5, 0.6) is 0 Å². The fourth-order valence-corrected chi connectivity index (χ4v) is 8.81. The number of rotatable bonds is 43. The van der Waals surface area contributed by atoms with E-state index < -0.39 is 75.7 Å². The van der Waals surface area contributed by atoms with Crippen LogP contribution in [-0.4, -0.2) is 98.3 Å². The van der Waals surface area contributed by atoms with E-state index in [-0.39, 0.29) is 12.8 Å². The van der Waals surface area contributed by atoms with Crippen LogP contribution in [0.1, 0.15) is 213 Å². The summed E-state index contributed by atoms with van der Waals surface area (Å²) in [7, 11) is -5.14. The van der Waals surface area contributed by atoms with Gasteiger partial charge in [0.05, 0.1) is 6.61 Å². The van der Waals surface area contributed by atoms with Gasteiger partial charge in [-0.25, -0.2) is 4.57 Å². The SMILES string of the molecule is CC/C=C\C/C=C\C/C=C\C/C=C\CCC(=O)OC(COC(=O)CCCCCCCCCCCCCCCCCCCCCCCCCC)COP(=O)(O)OC1C(O)C(O)C(O)C(O)C1O. The zero-order valence-electron chi connectivity index (χ0n) is 41.0. The Morgan fingerprint density at radius 2 is 0.864 bits per heavy atom. The molecule has 14 heteroatoms. The Hall–Kier alpha value is -2.19. The van der Waals surface area contributed by atoms with Gasteiger partial charge in [-0.1, -0.05) is 210 Å². The second kappa shape index (κ2) is 41.8. The number of phosphoric acid groups is 1. The van der Waals surface area contributed by atoms with Crippen molar-refractivity contribution < 1.29 is 63.1 Å². The second-order valence-corrected chi connectivity index (χ2v) is 19.4. The molecule has 0 aliphatic heterocycles. The zero-order valence-corrected chi connectivity index (χ0v) is 41.9. The van der Waals surface area contributed by atoms with E-state index in [2.05, 4.69) is 44.2 Å². The van der Waals surface area contributed by atoms with Gasteiger partial charge in [-0.2, -0.15) is 0 Å². The molecular formula is C52H93O13P. The van der Waals surface area contributed by atoms with E-state index in [0.29, 0.717) is 19.3 Å². The van der Waals surface area contributed by atoms with Crippen LogP contribution in [0.4, 0.5) is 0 Å². The summed E-state index contributed by atoms with van der Waals surface area (Å²) in [6.07, 6.45) is 37.7. The molecule has 0 saturated heterocycles. The maximum Gasteiger partial charge on any atom is 0.472 e. The summed E-state index contributed by atoms with van der Waals surface area (Å²) in [4.78, 5) is 35.7. The van der Waals surface area contributed by atoms with E-state index in [1.807, 2.05) is 18.2 Å². The van der Waals surface area contributed by atoms with Crippen molar-refractivity contribution in [3.63, 3.8) is 0 Å². The van der Waals surface area contributed by atoms with Gasteiger partial charge in [-0.15, -0.1) is 0 Å². The second-order valence-electron chi connectivity index (χ2n) is 18.0. The van der Waals surface area contributed by atoms with Gasteiger partial charge in [0.25, 0.3) is 0 Å². The number of unbranched alkanes of at least 4 members (excludes halogenated alkanes) is 23. The number of hydrogen-bond donors (Lipinski definition) is 6. The van der Waals surface area contributed by atoms with Gasteiger partial charge >= 0.3 is 19.8 Å². The highest BCUT2D eigenvalue weighted by molar-refractivity contribution is 7.47. The molecule has 0 radical (unpaired) electrons. The summed E-state index contributed by atoms with van der Waals surface area (Å²) in [5.41, 5.74) is 0. The minimum Gasteiger partial charge on any atom is -0.462 e. The molecule has 13 nitrogen and oxygen atoms in total. The predicted octanol–water partition coefficient (Wildman–Crippen LogP) is 11.1. The fourth-order valence-electron chi connectivity index (χ4n) is 7.83. The lowest BCUT2D eigenvalue weighted by molar-refractivity contribution is -0.220. The van der Waals surface area contributed by atoms with Crippen molar-refractivity contribution in [2.24, 2.45) is 0 Å². The quantitative estimate of drug-likeness (QED) is 0.0146. The molecular weight excluding hydrogens is 864 g/mol. The molecule has 1 aliphatic rings. The van der Waals surface area contributed by atoms with Crippen LogP contribution in [-0.2, 0) is 32.7 Å².